The minimum absolute atomic E-state index is 0.138. The van der Waals surface area contributed by atoms with Crippen LogP contribution in [-0.4, -0.2) is 11.6 Å². The topological polar surface area (TPSA) is 64.7 Å². The highest BCUT2D eigenvalue weighted by molar-refractivity contribution is 6.45. The quantitative estimate of drug-likeness (QED) is 0.668. The summed E-state index contributed by atoms with van der Waals surface area (Å²) in [5.74, 6) is -0.604. The van der Waals surface area contributed by atoms with E-state index in [1.54, 1.807) is 6.07 Å². The Hall–Kier alpha value is -2.62. The standard InChI is InChI=1S/C16H16N2O2/c1-12-7-5-6-10-14(12)15(16(17)19)18-20-11-13-8-3-2-4-9-13/h2-10H,11H2,1H3,(H2,17,19)/b18-15-. The second-order valence-electron chi connectivity index (χ2n) is 4.38. The first-order chi connectivity index (χ1) is 9.68. The van der Waals surface area contributed by atoms with Gasteiger partial charge >= 0.3 is 0 Å². The Morgan fingerprint density at radius 3 is 2.40 bits per heavy atom. The third kappa shape index (κ3) is 3.45. The number of oxime groups is 1. The summed E-state index contributed by atoms with van der Waals surface area (Å²) in [4.78, 5) is 16.7. The zero-order chi connectivity index (χ0) is 14.4. The van der Waals surface area contributed by atoms with Crippen molar-refractivity contribution in [2.45, 2.75) is 13.5 Å². The molecule has 0 saturated heterocycles. The van der Waals surface area contributed by atoms with Crippen molar-refractivity contribution in [1.29, 1.82) is 0 Å². The van der Waals surface area contributed by atoms with E-state index in [9.17, 15) is 4.79 Å². The van der Waals surface area contributed by atoms with Crippen LogP contribution in [0.5, 0.6) is 0 Å². The van der Waals surface area contributed by atoms with Crippen LogP contribution in [0.4, 0.5) is 0 Å². The summed E-state index contributed by atoms with van der Waals surface area (Å²) in [5.41, 5.74) is 8.09. The van der Waals surface area contributed by atoms with Crippen LogP contribution >= 0.6 is 0 Å². The average Bonchev–Trinajstić information content (AvgIpc) is 2.45. The Labute approximate surface area is 117 Å². The highest BCUT2D eigenvalue weighted by atomic mass is 16.6. The van der Waals surface area contributed by atoms with Gasteiger partial charge in [-0.3, -0.25) is 4.79 Å². The van der Waals surface area contributed by atoms with Crippen LogP contribution in [0.2, 0.25) is 0 Å². The average molecular weight is 268 g/mol. The Bertz CT molecular complexity index is 621. The van der Waals surface area contributed by atoms with Gasteiger partial charge in [-0.05, 0) is 18.1 Å². The molecule has 0 heterocycles. The van der Waals surface area contributed by atoms with Gasteiger partial charge in [0.15, 0.2) is 5.71 Å². The van der Waals surface area contributed by atoms with Gasteiger partial charge in [0, 0.05) is 5.56 Å². The largest absolute Gasteiger partial charge is 0.390 e. The van der Waals surface area contributed by atoms with Crippen LogP contribution in [0.25, 0.3) is 0 Å². The molecular formula is C16H16N2O2. The summed E-state index contributed by atoms with van der Waals surface area (Å²) in [7, 11) is 0. The molecule has 4 nitrogen and oxygen atoms in total. The van der Waals surface area contributed by atoms with Gasteiger partial charge in [0.2, 0.25) is 0 Å². The van der Waals surface area contributed by atoms with Crippen LogP contribution in [0.3, 0.4) is 0 Å². The number of rotatable bonds is 5. The van der Waals surface area contributed by atoms with E-state index in [1.807, 2.05) is 55.5 Å². The van der Waals surface area contributed by atoms with Crippen molar-refractivity contribution in [3.63, 3.8) is 0 Å². The number of primary amides is 1. The van der Waals surface area contributed by atoms with E-state index < -0.39 is 5.91 Å². The molecule has 0 bridgehead atoms. The van der Waals surface area contributed by atoms with Gasteiger partial charge in [-0.2, -0.15) is 0 Å². The van der Waals surface area contributed by atoms with E-state index in [2.05, 4.69) is 5.16 Å². The lowest BCUT2D eigenvalue weighted by atomic mass is 10.0. The number of benzene rings is 2. The van der Waals surface area contributed by atoms with Gasteiger partial charge in [0.1, 0.15) is 6.61 Å². The summed E-state index contributed by atoms with van der Waals surface area (Å²) in [5, 5.41) is 3.89. The molecule has 4 heteroatoms. The molecule has 0 atom stereocenters. The first-order valence-electron chi connectivity index (χ1n) is 6.28. The van der Waals surface area contributed by atoms with Crippen molar-refractivity contribution in [3.8, 4) is 0 Å². The molecule has 2 rings (SSSR count). The predicted octanol–water partition coefficient (Wildman–Crippen LogP) is 2.40. The summed E-state index contributed by atoms with van der Waals surface area (Å²) in [6.07, 6.45) is 0. The molecule has 0 fully saturated rings. The smallest absolute Gasteiger partial charge is 0.271 e. The molecule has 0 spiro atoms. The lowest BCUT2D eigenvalue weighted by Crippen LogP contribution is -2.25. The minimum atomic E-state index is -0.604. The fourth-order valence-corrected chi connectivity index (χ4v) is 1.81. The van der Waals surface area contributed by atoms with Crippen LogP contribution in [0.1, 0.15) is 16.7 Å². The van der Waals surface area contributed by atoms with E-state index in [4.69, 9.17) is 10.6 Å². The lowest BCUT2D eigenvalue weighted by molar-refractivity contribution is -0.112. The number of hydrogen-bond donors (Lipinski definition) is 1. The predicted molar refractivity (Wildman–Crippen MR) is 78.1 cm³/mol. The fraction of sp³-hybridized carbons (Fsp3) is 0.125. The Balaban J connectivity index is 2.15. The normalized spacial score (nSPS) is 11.2. The van der Waals surface area contributed by atoms with Gasteiger partial charge in [-0.15, -0.1) is 0 Å². The van der Waals surface area contributed by atoms with E-state index in [0.29, 0.717) is 12.2 Å². The molecule has 1 amide bonds. The zero-order valence-electron chi connectivity index (χ0n) is 11.2. The molecule has 0 saturated carbocycles. The third-order valence-corrected chi connectivity index (χ3v) is 2.86. The maximum Gasteiger partial charge on any atom is 0.271 e. The maximum absolute atomic E-state index is 11.5. The number of carbonyl (C=O) groups is 1. The monoisotopic (exact) mass is 268 g/mol. The number of hydrogen-bond acceptors (Lipinski definition) is 3. The van der Waals surface area contributed by atoms with Crippen molar-refractivity contribution in [3.05, 3.63) is 71.3 Å². The van der Waals surface area contributed by atoms with E-state index >= 15 is 0 Å². The molecule has 0 unspecified atom stereocenters. The third-order valence-electron chi connectivity index (χ3n) is 2.86. The first kappa shape index (κ1) is 13.8. The van der Waals surface area contributed by atoms with Gasteiger partial charge in [-0.1, -0.05) is 59.8 Å². The Morgan fingerprint density at radius 1 is 1.10 bits per heavy atom. The van der Waals surface area contributed by atoms with Crippen molar-refractivity contribution < 1.29 is 9.63 Å². The van der Waals surface area contributed by atoms with E-state index in [0.717, 1.165) is 11.1 Å². The SMILES string of the molecule is Cc1ccccc1/C(=N/OCc1ccccc1)C(N)=O. The molecule has 0 aromatic heterocycles. The highest BCUT2D eigenvalue weighted by Gasteiger charge is 2.13. The number of nitrogens with zero attached hydrogens (tertiary/aromatic N) is 1. The Morgan fingerprint density at radius 2 is 1.75 bits per heavy atom. The molecule has 2 aromatic carbocycles. The molecule has 102 valence electrons. The van der Waals surface area contributed by atoms with Gasteiger partial charge in [0.05, 0.1) is 0 Å². The number of aryl methyl sites for hydroxylation is 1. The number of carbonyl (C=O) groups excluding carboxylic acids is 1. The molecule has 0 aliphatic heterocycles. The second-order valence-corrected chi connectivity index (χ2v) is 4.38. The molecule has 0 radical (unpaired) electrons. The first-order valence-corrected chi connectivity index (χ1v) is 6.28. The minimum Gasteiger partial charge on any atom is -0.390 e. The van der Waals surface area contributed by atoms with Crippen molar-refractivity contribution in [2.75, 3.05) is 0 Å². The van der Waals surface area contributed by atoms with Gasteiger partial charge < -0.3 is 10.6 Å². The van der Waals surface area contributed by atoms with Gasteiger partial charge in [-0.25, -0.2) is 0 Å². The van der Waals surface area contributed by atoms with Crippen molar-refractivity contribution in [1.82, 2.24) is 0 Å². The van der Waals surface area contributed by atoms with Crippen molar-refractivity contribution in [2.24, 2.45) is 10.9 Å². The molecule has 2 aromatic rings. The molecule has 0 aliphatic carbocycles. The van der Waals surface area contributed by atoms with Crippen LogP contribution < -0.4 is 5.73 Å². The molecule has 2 N–H and O–H groups in total. The van der Waals surface area contributed by atoms with Crippen LogP contribution in [-0.2, 0) is 16.2 Å². The zero-order valence-corrected chi connectivity index (χ0v) is 11.2. The molecular weight excluding hydrogens is 252 g/mol. The van der Waals surface area contributed by atoms with Gasteiger partial charge in [0.25, 0.3) is 5.91 Å². The van der Waals surface area contributed by atoms with E-state index in [-0.39, 0.29) is 5.71 Å². The van der Waals surface area contributed by atoms with E-state index in [1.165, 1.54) is 0 Å². The van der Waals surface area contributed by atoms with Crippen LogP contribution in [0.15, 0.2) is 59.8 Å². The molecule has 20 heavy (non-hydrogen) atoms. The van der Waals surface area contributed by atoms with Crippen LogP contribution in [0, 0.1) is 6.92 Å². The fourth-order valence-electron chi connectivity index (χ4n) is 1.81. The second kappa shape index (κ2) is 6.52. The summed E-state index contributed by atoms with van der Waals surface area (Å²) in [6.45, 7) is 2.19. The number of amides is 1. The highest BCUT2D eigenvalue weighted by Crippen LogP contribution is 2.09. The van der Waals surface area contributed by atoms with Crippen molar-refractivity contribution >= 4 is 11.6 Å². The summed E-state index contributed by atoms with van der Waals surface area (Å²) in [6, 6.07) is 17.0. The molecule has 0 aliphatic rings. The summed E-state index contributed by atoms with van der Waals surface area (Å²) >= 11 is 0. The number of nitrogens with two attached hydrogens (primary N) is 1. The maximum atomic E-state index is 11.5. The summed E-state index contributed by atoms with van der Waals surface area (Å²) < 4.78 is 0. The Kier molecular flexibility index (Phi) is 4.50. The lowest BCUT2D eigenvalue weighted by Gasteiger charge is -2.06.